The van der Waals surface area contributed by atoms with E-state index in [9.17, 15) is 4.79 Å². The molecule has 2 aliphatic rings. The Morgan fingerprint density at radius 1 is 1.00 bits per heavy atom. The van der Waals surface area contributed by atoms with Crippen molar-refractivity contribution in [2.75, 3.05) is 43.4 Å². The Morgan fingerprint density at radius 2 is 1.67 bits per heavy atom. The molecule has 4 rings (SSSR count). The van der Waals surface area contributed by atoms with Crippen molar-refractivity contribution in [2.24, 2.45) is 5.92 Å². The number of nitrogens with zero attached hydrogens (tertiary/aromatic N) is 2. The van der Waals surface area contributed by atoms with Crippen LogP contribution < -0.4 is 10.2 Å². The molecule has 1 saturated carbocycles. The van der Waals surface area contributed by atoms with Gasteiger partial charge in [-0.1, -0.05) is 25.5 Å². The fraction of sp³-hybridized carbons (Fsp3) is 0.435. The molecular formula is C23H29N3O. The lowest BCUT2D eigenvalue weighted by Crippen LogP contribution is -2.44. The quantitative estimate of drug-likeness (QED) is 0.865. The van der Waals surface area contributed by atoms with Crippen LogP contribution in [0.15, 0.2) is 48.5 Å². The first-order chi connectivity index (χ1) is 13.1. The second-order valence-electron chi connectivity index (χ2n) is 7.92. The molecule has 2 aromatic carbocycles. The third-order valence-electron chi connectivity index (χ3n) is 6.04. The molecule has 0 radical (unpaired) electrons. The molecule has 2 fully saturated rings. The number of hydrogen-bond acceptors (Lipinski definition) is 3. The van der Waals surface area contributed by atoms with E-state index in [1.54, 1.807) is 0 Å². The van der Waals surface area contributed by atoms with Crippen LogP contribution in [-0.4, -0.2) is 44.0 Å². The van der Waals surface area contributed by atoms with Gasteiger partial charge in [-0.15, -0.1) is 0 Å². The van der Waals surface area contributed by atoms with Gasteiger partial charge < -0.3 is 15.1 Å². The summed E-state index contributed by atoms with van der Waals surface area (Å²) in [6.07, 6.45) is 2.56. The van der Waals surface area contributed by atoms with Crippen molar-refractivity contribution in [1.29, 1.82) is 0 Å². The van der Waals surface area contributed by atoms with Crippen molar-refractivity contribution in [1.82, 2.24) is 4.90 Å². The van der Waals surface area contributed by atoms with Gasteiger partial charge in [0.25, 0.3) is 5.91 Å². The van der Waals surface area contributed by atoms with Crippen LogP contribution in [0.25, 0.3) is 0 Å². The normalized spacial score (nSPS) is 22.5. The Morgan fingerprint density at radius 3 is 2.26 bits per heavy atom. The van der Waals surface area contributed by atoms with Crippen LogP contribution in [0.5, 0.6) is 0 Å². The Labute approximate surface area is 162 Å². The number of amides is 1. The van der Waals surface area contributed by atoms with Gasteiger partial charge in [-0.2, -0.15) is 0 Å². The third kappa shape index (κ3) is 4.16. The molecule has 2 atom stereocenters. The van der Waals surface area contributed by atoms with Gasteiger partial charge in [-0.05, 0) is 67.3 Å². The molecule has 0 spiro atoms. The van der Waals surface area contributed by atoms with E-state index >= 15 is 0 Å². The first-order valence-corrected chi connectivity index (χ1v) is 10.1. The minimum Gasteiger partial charge on any atom is -0.369 e. The van der Waals surface area contributed by atoms with Crippen LogP contribution in [0.1, 0.15) is 41.6 Å². The van der Waals surface area contributed by atoms with Crippen molar-refractivity contribution in [3.8, 4) is 0 Å². The second-order valence-corrected chi connectivity index (χ2v) is 7.92. The van der Waals surface area contributed by atoms with Crippen LogP contribution in [0.2, 0.25) is 0 Å². The summed E-state index contributed by atoms with van der Waals surface area (Å²) in [5.74, 6) is 1.52. The molecule has 4 heteroatoms. The third-order valence-corrected chi connectivity index (χ3v) is 6.04. The maximum atomic E-state index is 12.5. The minimum atomic E-state index is -0.0504. The zero-order chi connectivity index (χ0) is 18.8. The van der Waals surface area contributed by atoms with Crippen LogP contribution in [0.4, 0.5) is 11.4 Å². The maximum absolute atomic E-state index is 12.5. The van der Waals surface area contributed by atoms with Crippen molar-refractivity contribution in [2.45, 2.75) is 25.7 Å². The van der Waals surface area contributed by atoms with Crippen molar-refractivity contribution in [3.05, 3.63) is 59.7 Å². The zero-order valence-electron chi connectivity index (χ0n) is 16.3. The first kappa shape index (κ1) is 18.1. The number of likely N-dealkylation sites (N-methyl/N-ethyl adjacent to an activating group) is 1. The lowest BCUT2D eigenvalue weighted by molar-refractivity contribution is 0.102. The van der Waals surface area contributed by atoms with E-state index in [-0.39, 0.29) is 5.91 Å². The van der Waals surface area contributed by atoms with Crippen LogP contribution in [-0.2, 0) is 0 Å². The summed E-state index contributed by atoms with van der Waals surface area (Å²) in [6, 6.07) is 16.3. The predicted octanol–water partition coefficient (Wildman–Crippen LogP) is 4.20. The highest BCUT2D eigenvalue weighted by Crippen LogP contribution is 2.49. The SMILES string of the molecule is CCC1CC1c1ccc(NC(=O)c2ccc(N3CCN(C)CC3)cc2)cc1. The number of piperazine rings is 1. The number of hydrogen-bond donors (Lipinski definition) is 1. The maximum Gasteiger partial charge on any atom is 0.255 e. The number of rotatable bonds is 5. The molecule has 4 nitrogen and oxygen atoms in total. The number of nitrogens with one attached hydrogen (secondary N) is 1. The summed E-state index contributed by atoms with van der Waals surface area (Å²) in [4.78, 5) is 17.3. The highest BCUT2D eigenvalue weighted by Gasteiger charge is 2.36. The molecular weight excluding hydrogens is 334 g/mol. The van der Waals surface area contributed by atoms with Crippen LogP contribution >= 0.6 is 0 Å². The molecule has 0 bridgehead atoms. The Balaban J connectivity index is 1.35. The Kier molecular flexibility index (Phi) is 5.17. The summed E-state index contributed by atoms with van der Waals surface area (Å²) in [7, 11) is 2.16. The van der Waals surface area contributed by atoms with Crippen molar-refractivity contribution in [3.63, 3.8) is 0 Å². The lowest BCUT2D eigenvalue weighted by Gasteiger charge is -2.34. The number of benzene rings is 2. The number of carbonyl (C=O) groups excluding carboxylic acids is 1. The smallest absolute Gasteiger partial charge is 0.255 e. The largest absolute Gasteiger partial charge is 0.369 e. The second kappa shape index (κ2) is 7.73. The van der Waals surface area contributed by atoms with Gasteiger partial charge in [0.2, 0.25) is 0 Å². The van der Waals surface area contributed by atoms with Gasteiger partial charge >= 0.3 is 0 Å². The Bertz CT molecular complexity index is 776. The van der Waals surface area contributed by atoms with Gasteiger partial charge in [-0.25, -0.2) is 0 Å². The summed E-state index contributed by atoms with van der Waals surface area (Å²) in [5, 5.41) is 3.02. The van der Waals surface area contributed by atoms with Crippen molar-refractivity contribution >= 4 is 17.3 Å². The molecule has 27 heavy (non-hydrogen) atoms. The molecule has 1 aliphatic heterocycles. The summed E-state index contributed by atoms with van der Waals surface area (Å²) >= 11 is 0. The van der Waals surface area contributed by atoms with E-state index in [2.05, 4.69) is 53.4 Å². The van der Waals surface area contributed by atoms with Gasteiger partial charge in [0.15, 0.2) is 0 Å². The molecule has 0 aromatic heterocycles. The molecule has 2 unspecified atom stereocenters. The number of anilines is 2. The fourth-order valence-electron chi connectivity index (χ4n) is 4.01. The average molecular weight is 364 g/mol. The number of carbonyl (C=O) groups is 1. The zero-order valence-corrected chi connectivity index (χ0v) is 16.3. The van der Waals surface area contributed by atoms with Gasteiger partial charge in [-0.3, -0.25) is 4.79 Å². The minimum absolute atomic E-state index is 0.0504. The molecule has 2 aromatic rings. The van der Waals surface area contributed by atoms with Gasteiger partial charge in [0, 0.05) is 43.1 Å². The first-order valence-electron chi connectivity index (χ1n) is 10.1. The predicted molar refractivity (Wildman–Crippen MR) is 112 cm³/mol. The molecule has 1 saturated heterocycles. The highest BCUT2D eigenvalue weighted by molar-refractivity contribution is 6.04. The Hall–Kier alpha value is -2.33. The summed E-state index contributed by atoms with van der Waals surface area (Å²) in [5.41, 5.74) is 4.15. The van der Waals surface area contributed by atoms with Gasteiger partial charge in [0.05, 0.1) is 0 Å². The van der Waals surface area contributed by atoms with Crippen LogP contribution in [0, 0.1) is 5.92 Å². The van der Waals surface area contributed by atoms with Crippen molar-refractivity contribution < 1.29 is 4.79 Å². The molecule has 1 N–H and O–H groups in total. The fourth-order valence-corrected chi connectivity index (χ4v) is 4.01. The van der Waals surface area contributed by atoms with Gasteiger partial charge in [0.1, 0.15) is 0 Å². The van der Waals surface area contributed by atoms with E-state index < -0.39 is 0 Å². The van der Waals surface area contributed by atoms with E-state index in [1.165, 1.54) is 24.1 Å². The summed E-state index contributed by atoms with van der Waals surface area (Å²) in [6.45, 7) is 6.49. The van der Waals surface area contributed by atoms with Crippen LogP contribution in [0.3, 0.4) is 0 Å². The molecule has 1 heterocycles. The topological polar surface area (TPSA) is 35.6 Å². The average Bonchev–Trinajstić information content (AvgIpc) is 3.49. The molecule has 1 amide bonds. The van der Waals surface area contributed by atoms with E-state index in [0.29, 0.717) is 5.56 Å². The highest BCUT2D eigenvalue weighted by atomic mass is 16.1. The van der Waals surface area contributed by atoms with E-state index in [4.69, 9.17) is 0 Å². The lowest BCUT2D eigenvalue weighted by atomic mass is 10.1. The standard InChI is InChI=1S/C23H29N3O/c1-3-17-16-22(17)18-4-8-20(9-5-18)24-23(27)19-6-10-21(11-7-19)26-14-12-25(2)13-15-26/h4-11,17,22H,3,12-16H2,1-2H3,(H,24,27). The van der Waals surface area contributed by atoms with E-state index in [0.717, 1.165) is 43.7 Å². The monoisotopic (exact) mass is 363 g/mol. The molecule has 1 aliphatic carbocycles. The van der Waals surface area contributed by atoms with E-state index in [1.807, 2.05) is 24.3 Å². The molecule has 142 valence electrons. The summed E-state index contributed by atoms with van der Waals surface area (Å²) < 4.78 is 0.